The molecule has 6 nitrogen and oxygen atoms in total. The molecule has 0 aromatic carbocycles. The maximum Gasteiger partial charge on any atom is 0.321 e. The van der Waals surface area contributed by atoms with Crippen molar-refractivity contribution in [1.82, 2.24) is 15.5 Å². The van der Waals surface area contributed by atoms with E-state index in [1.54, 1.807) is 6.92 Å². The minimum Gasteiger partial charge on any atom is -0.341 e. The Hall–Kier alpha value is -1.61. The summed E-state index contributed by atoms with van der Waals surface area (Å²) in [6.07, 6.45) is 1.57. The summed E-state index contributed by atoms with van der Waals surface area (Å²) in [4.78, 5) is 24.7. The van der Waals surface area contributed by atoms with Gasteiger partial charge in [-0.1, -0.05) is 0 Å². The Morgan fingerprint density at radius 2 is 2.00 bits per heavy atom. The average Bonchev–Trinajstić information content (AvgIpc) is 2.37. The smallest absolute Gasteiger partial charge is 0.321 e. The molecule has 1 fully saturated rings. The van der Waals surface area contributed by atoms with Crippen LogP contribution in [0, 0.1) is 17.2 Å². The van der Waals surface area contributed by atoms with Gasteiger partial charge in [-0.3, -0.25) is 15.0 Å². The molecule has 1 aliphatic rings. The van der Waals surface area contributed by atoms with Crippen LogP contribution in [-0.2, 0) is 4.79 Å². The number of nitrogens with one attached hydrogen (secondary N) is 2. The van der Waals surface area contributed by atoms with Gasteiger partial charge in [0, 0.05) is 26.1 Å². The van der Waals surface area contributed by atoms with E-state index in [4.69, 9.17) is 5.26 Å². The molecule has 1 aliphatic heterocycles. The van der Waals surface area contributed by atoms with Gasteiger partial charge in [0.1, 0.15) is 0 Å². The SMILES string of the molecule is CNC(=O)NC(=O)C(C)N1CCC(C#N)CC1. The number of hydrogen-bond donors (Lipinski definition) is 2. The molecule has 0 spiro atoms. The molecule has 1 rings (SSSR count). The predicted octanol–water partition coefficient (Wildman–Crippen LogP) is 0.0661. The zero-order valence-electron chi connectivity index (χ0n) is 10.2. The molecular formula is C11H18N4O2. The van der Waals surface area contributed by atoms with Crippen molar-refractivity contribution < 1.29 is 9.59 Å². The molecule has 0 aromatic heterocycles. The zero-order chi connectivity index (χ0) is 12.8. The van der Waals surface area contributed by atoms with Crippen LogP contribution in [0.5, 0.6) is 0 Å². The van der Waals surface area contributed by atoms with Crippen LogP contribution in [0.3, 0.4) is 0 Å². The van der Waals surface area contributed by atoms with E-state index in [9.17, 15) is 9.59 Å². The second kappa shape index (κ2) is 6.21. The normalized spacial score (nSPS) is 19.1. The number of urea groups is 1. The fourth-order valence-corrected chi connectivity index (χ4v) is 1.86. The Balaban J connectivity index is 2.43. The van der Waals surface area contributed by atoms with Crippen molar-refractivity contribution in [2.75, 3.05) is 20.1 Å². The molecule has 0 saturated carbocycles. The van der Waals surface area contributed by atoms with Crippen LogP contribution in [0.4, 0.5) is 4.79 Å². The second-order valence-corrected chi connectivity index (χ2v) is 4.18. The van der Waals surface area contributed by atoms with Crippen LogP contribution >= 0.6 is 0 Å². The Bertz CT molecular complexity index is 329. The zero-order valence-corrected chi connectivity index (χ0v) is 10.2. The Labute approximate surface area is 101 Å². The van der Waals surface area contributed by atoms with E-state index in [1.165, 1.54) is 7.05 Å². The first kappa shape index (κ1) is 13.5. The van der Waals surface area contributed by atoms with E-state index < -0.39 is 6.03 Å². The van der Waals surface area contributed by atoms with Gasteiger partial charge in [-0.2, -0.15) is 5.26 Å². The van der Waals surface area contributed by atoms with Crippen molar-refractivity contribution in [3.8, 4) is 6.07 Å². The van der Waals surface area contributed by atoms with Gasteiger partial charge in [-0.15, -0.1) is 0 Å². The molecule has 17 heavy (non-hydrogen) atoms. The van der Waals surface area contributed by atoms with Gasteiger partial charge in [0.15, 0.2) is 0 Å². The van der Waals surface area contributed by atoms with Gasteiger partial charge in [0.05, 0.1) is 12.1 Å². The lowest BCUT2D eigenvalue weighted by Gasteiger charge is -2.32. The van der Waals surface area contributed by atoms with Gasteiger partial charge >= 0.3 is 6.03 Å². The van der Waals surface area contributed by atoms with Crippen molar-refractivity contribution in [1.29, 1.82) is 5.26 Å². The lowest BCUT2D eigenvalue weighted by Crippen LogP contribution is -2.51. The fourth-order valence-electron chi connectivity index (χ4n) is 1.86. The van der Waals surface area contributed by atoms with Crippen LogP contribution in [-0.4, -0.2) is 43.0 Å². The van der Waals surface area contributed by atoms with Crippen molar-refractivity contribution in [2.45, 2.75) is 25.8 Å². The highest BCUT2D eigenvalue weighted by atomic mass is 16.2. The first-order valence-corrected chi connectivity index (χ1v) is 5.74. The topological polar surface area (TPSA) is 85.2 Å². The minimum absolute atomic E-state index is 0.0976. The summed E-state index contributed by atoms with van der Waals surface area (Å²) in [5.74, 6) is -0.208. The highest BCUT2D eigenvalue weighted by molar-refractivity contribution is 5.96. The molecule has 6 heteroatoms. The summed E-state index contributed by atoms with van der Waals surface area (Å²) in [5.41, 5.74) is 0. The molecule has 1 atom stereocenters. The predicted molar refractivity (Wildman–Crippen MR) is 62.0 cm³/mol. The molecule has 0 radical (unpaired) electrons. The number of likely N-dealkylation sites (tertiary alicyclic amines) is 1. The van der Waals surface area contributed by atoms with E-state index in [-0.39, 0.29) is 17.9 Å². The van der Waals surface area contributed by atoms with Crippen LogP contribution in [0.15, 0.2) is 0 Å². The van der Waals surface area contributed by atoms with E-state index in [0.717, 1.165) is 25.9 Å². The quantitative estimate of drug-likeness (QED) is 0.712. The lowest BCUT2D eigenvalue weighted by atomic mass is 9.97. The third-order valence-corrected chi connectivity index (χ3v) is 3.10. The van der Waals surface area contributed by atoms with Crippen molar-refractivity contribution in [3.05, 3.63) is 0 Å². The molecule has 1 unspecified atom stereocenters. The van der Waals surface area contributed by atoms with Crippen molar-refractivity contribution >= 4 is 11.9 Å². The molecule has 0 aromatic rings. The Morgan fingerprint density at radius 3 is 2.47 bits per heavy atom. The van der Waals surface area contributed by atoms with Crippen LogP contribution in [0.25, 0.3) is 0 Å². The molecule has 1 saturated heterocycles. The third-order valence-electron chi connectivity index (χ3n) is 3.10. The molecule has 2 N–H and O–H groups in total. The standard InChI is InChI=1S/C11H18N4O2/c1-8(10(16)14-11(17)13-2)15-5-3-9(7-12)4-6-15/h8-9H,3-6H2,1-2H3,(H2,13,14,16,17). The Morgan fingerprint density at radius 1 is 1.41 bits per heavy atom. The molecule has 3 amide bonds. The first-order chi connectivity index (χ1) is 8.08. The number of nitrogens with zero attached hydrogens (tertiary/aromatic N) is 2. The van der Waals surface area contributed by atoms with Crippen LogP contribution in [0.2, 0.25) is 0 Å². The summed E-state index contributed by atoms with van der Waals surface area (Å²) in [6.45, 7) is 3.21. The monoisotopic (exact) mass is 238 g/mol. The molecule has 1 heterocycles. The molecule has 94 valence electrons. The van der Waals surface area contributed by atoms with Crippen LogP contribution < -0.4 is 10.6 Å². The Kier molecular flexibility index (Phi) is 4.91. The summed E-state index contributed by atoms with van der Waals surface area (Å²) in [6, 6.07) is 1.41. The summed E-state index contributed by atoms with van der Waals surface area (Å²) >= 11 is 0. The second-order valence-electron chi connectivity index (χ2n) is 4.18. The molecule has 0 aliphatic carbocycles. The summed E-state index contributed by atoms with van der Waals surface area (Å²) < 4.78 is 0. The van der Waals surface area contributed by atoms with Gasteiger partial charge in [0.25, 0.3) is 0 Å². The summed E-state index contributed by atoms with van der Waals surface area (Å²) in [5, 5.41) is 13.4. The van der Waals surface area contributed by atoms with E-state index >= 15 is 0 Å². The number of amides is 3. The van der Waals surface area contributed by atoms with E-state index in [1.807, 2.05) is 4.90 Å². The van der Waals surface area contributed by atoms with Crippen molar-refractivity contribution in [2.24, 2.45) is 5.92 Å². The third kappa shape index (κ3) is 3.71. The van der Waals surface area contributed by atoms with Gasteiger partial charge in [-0.25, -0.2) is 4.79 Å². The van der Waals surface area contributed by atoms with Crippen LogP contribution in [0.1, 0.15) is 19.8 Å². The fraction of sp³-hybridized carbons (Fsp3) is 0.727. The first-order valence-electron chi connectivity index (χ1n) is 5.74. The number of carbonyl (C=O) groups is 2. The number of carbonyl (C=O) groups excluding carboxylic acids is 2. The largest absolute Gasteiger partial charge is 0.341 e. The van der Waals surface area contributed by atoms with Gasteiger partial charge in [-0.05, 0) is 19.8 Å². The number of hydrogen-bond acceptors (Lipinski definition) is 4. The van der Waals surface area contributed by atoms with E-state index in [2.05, 4.69) is 16.7 Å². The highest BCUT2D eigenvalue weighted by Gasteiger charge is 2.27. The number of piperidine rings is 1. The number of rotatable bonds is 2. The maximum absolute atomic E-state index is 11.7. The van der Waals surface area contributed by atoms with E-state index in [0.29, 0.717) is 0 Å². The maximum atomic E-state index is 11.7. The minimum atomic E-state index is -0.492. The molecule has 0 bridgehead atoms. The average molecular weight is 238 g/mol. The van der Waals surface area contributed by atoms with Crippen molar-refractivity contribution in [3.63, 3.8) is 0 Å². The number of nitriles is 1. The molecular weight excluding hydrogens is 220 g/mol. The number of imide groups is 1. The van der Waals surface area contributed by atoms with Gasteiger partial charge in [0.2, 0.25) is 5.91 Å². The highest BCUT2D eigenvalue weighted by Crippen LogP contribution is 2.17. The summed E-state index contributed by atoms with van der Waals surface area (Å²) in [7, 11) is 1.46. The van der Waals surface area contributed by atoms with Gasteiger partial charge < -0.3 is 5.32 Å². The lowest BCUT2D eigenvalue weighted by molar-refractivity contribution is -0.125.